The Hall–Kier alpha value is -1.11. The first-order valence-corrected chi connectivity index (χ1v) is 9.14. The third-order valence-electron chi connectivity index (χ3n) is 3.44. The first kappa shape index (κ1) is 16.3. The lowest BCUT2D eigenvalue weighted by atomic mass is 10.1. The first-order valence-electron chi connectivity index (χ1n) is 6.83. The molecule has 1 saturated heterocycles. The van der Waals surface area contributed by atoms with E-state index in [2.05, 4.69) is 5.32 Å². The molecule has 1 heterocycles. The Morgan fingerprint density at radius 1 is 1.33 bits per heavy atom. The predicted octanol–water partition coefficient (Wildman–Crippen LogP) is 1.84. The van der Waals surface area contributed by atoms with Crippen molar-refractivity contribution >= 4 is 25.6 Å². The van der Waals surface area contributed by atoms with Crippen molar-refractivity contribution < 1.29 is 17.9 Å². The van der Waals surface area contributed by atoms with Crippen LogP contribution in [0, 0.1) is 0 Å². The lowest BCUT2D eigenvalue weighted by molar-refractivity contribution is -0.131. The molecule has 2 atom stereocenters. The molecule has 1 aromatic rings. The Balaban J connectivity index is 1.80. The molecule has 5 nitrogen and oxygen atoms in total. The number of hydrogen-bond acceptors (Lipinski definition) is 4. The highest BCUT2D eigenvalue weighted by Gasteiger charge is 2.27. The SMILES string of the molecule is CC1CCC(C(=O)NCCc2ccc(S(=O)(=O)Cl)cc2)O1. The summed E-state index contributed by atoms with van der Waals surface area (Å²) < 4.78 is 27.7. The van der Waals surface area contributed by atoms with E-state index in [1.54, 1.807) is 12.1 Å². The maximum Gasteiger partial charge on any atom is 0.261 e. The van der Waals surface area contributed by atoms with E-state index in [0.29, 0.717) is 13.0 Å². The molecule has 1 N–H and O–H groups in total. The highest BCUT2D eigenvalue weighted by molar-refractivity contribution is 8.13. The number of carbonyl (C=O) groups is 1. The van der Waals surface area contributed by atoms with Crippen molar-refractivity contribution in [2.24, 2.45) is 0 Å². The molecule has 2 unspecified atom stereocenters. The summed E-state index contributed by atoms with van der Waals surface area (Å²) in [6.45, 7) is 2.44. The molecule has 1 aliphatic heterocycles. The van der Waals surface area contributed by atoms with Gasteiger partial charge in [-0.1, -0.05) is 12.1 Å². The van der Waals surface area contributed by atoms with Gasteiger partial charge in [0, 0.05) is 17.2 Å². The van der Waals surface area contributed by atoms with Gasteiger partial charge in [-0.15, -0.1) is 0 Å². The van der Waals surface area contributed by atoms with Crippen molar-refractivity contribution in [3.05, 3.63) is 29.8 Å². The van der Waals surface area contributed by atoms with Crippen LogP contribution in [0.25, 0.3) is 0 Å². The molecule has 0 spiro atoms. The molecule has 1 aromatic carbocycles. The Labute approximate surface area is 129 Å². The van der Waals surface area contributed by atoms with Crippen molar-refractivity contribution in [3.8, 4) is 0 Å². The van der Waals surface area contributed by atoms with Gasteiger partial charge in [-0.05, 0) is 43.9 Å². The Morgan fingerprint density at radius 3 is 2.52 bits per heavy atom. The van der Waals surface area contributed by atoms with E-state index in [0.717, 1.165) is 18.4 Å². The van der Waals surface area contributed by atoms with Gasteiger partial charge in [-0.3, -0.25) is 4.79 Å². The largest absolute Gasteiger partial charge is 0.365 e. The van der Waals surface area contributed by atoms with Gasteiger partial charge < -0.3 is 10.1 Å². The summed E-state index contributed by atoms with van der Waals surface area (Å²) in [6.07, 6.45) is 2.09. The number of halogens is 1. The van der Waals surface area contributed by atoms with E-state index in [1.807, 2.05) is 6.92 Å². The zero-order valence-electron chi connectivity index (χ0n) is 11.7. The van der Waals surface area contributed by atoms with Crippen molar-refractivity contribution in [1.82, 2.24) is 5.32 Å². The van der Waals surface area contributed by atoms with Gasteiger partial charge in [0.1, 0.15) is 6.10 Å². The zero-order chi connectivity index (χ0) is 15.5. The van der Waals surface area contributed by atoms with Crippen LogP contribution in [0.5, 0.6) is 0 Å². The maximum absolute atomic E-state index is 11.8. The van der Waals surface area contributed by atoms with Crippen LogP contribution in [0.4, 0.5) is 0 Å². The van der Waals surface area contributed by atoms with Gasteiger partial charge in [0.25, 0.3) is 9.05 Å². The minimum atomic E-state index is -3.68. The number of ether oxygens (including phenoxy) is 1. The Morgan fingerprint density at radius 2 is 2.00 bits per heavy atom. The molecule has 0 bridgehead atoms. The topological polar surface area (TPSA) is 72.5 Å². The van der Waals surface area contributed by atoms with Crippen LogP contribution < -0.4 is 5.32 Å². The average molecular weight is 332 g/mol. The number of benzene rings is 1. The van der Waals surface area contributed by atoms with Crippen molar-refractivity contribution in [3.63, 3.8) is 0 Å². The van der Waals surface area contributed by atoms with Gasteiger partial charge >= 0.3 is 0 Å². The van der Waals surface area contributed by atoms with Crippen molar-refractivity contribution in [2.45, 2.75) is 43.3 Å². The van der Waals surface area contributed by atoms with Gasteiger partial charge in [0.05, 0.1) is 11.0 Å². The minimum Gasteiger partial charge on any atom is -0.365 e. The fraction of sp³-hybridized carbons (Fsp3) is 0.500. The van der Waals surface area contributed by atoms with Crippen molar-refractivity contribution in [1.29, 1.82) is 0 Å². The Kier molecular flexibility index (Phi) is 5.24. The highest BCUT2D eigenvalue weighted by atomic mass is 35.7. The highest BCUT2D eigenvalue weighted by Crippen LogP contribution is 2.19. The maximum atomic E-state index is 11.8. The summed E-state index contributed by atoms with van der Waals surface area (Å²) in [5, 5.41) is 2.83. The number of amides is 1. The third kappa shape index (κ3) is 4.69. The van der Waals surface area contributed by atoms with Gasteiger partial charge in [-0.25, -0.2) is 8.42 Å². The second-order valence-electron chi connectivity index (χ2n) is 5.14. The van der Waals surface area contributed by atoms with E-state index in [1.165, 1.54) is 12.1 Å². The van der Waals surface area contributed by atoms with Crippen LogP contribution in [0.1, 0.15) is 25.3 Å². The molecule has 0 radical (unpaired) electrons. The fourth-order valence-corrected chi connectivity index (χ4v) is 3.03. The molecule has 1 fully saturated rings. The van der Waals surface area contributed by atoms with Crippen LogP contribution in [0.3, 0.4) is 0 Å². The summed E-state index contributed by atoms with van der Waals surface area (Å²) in [5.41, 5.74) is 0.931. The van der Waals surface area contributed by atoms with Crippen molar-refractivity contribution in [2.75, 3.05) is 6.54 Å². The molecule has 1 aliphatic rings. The Bertz CT molecular complexity index is 600. The zero-order valence-corrected chi connectivity index (χ0v) is 13.3. The standard InChI is InChI=1S/C14H18ClNO4S/c1-10-2-7-13(20-10)14(17)16-9-8-11-3-5-12(6-4-11)21(15,18)19/h3-6,10,13H,2,7-9H2,1H3,(H,16,17). The van der Waals surface area contributed by atoms with Gasteiger partial charge in [0.2, 0.25) is 5.91 Å². The molecular weight excluding hydrogens is 314 g/mol. The lowest BCUT2D eigenvalue weighted by Crippen LogP contribution is -2.35. The second-order valence-corrected chi connectivity index (χ2v) is 7.70. The minimum absolute atomic E-state index is 0.0743. The van der Waals surface area contributed by atoms with Crippen LogP contribution >= 0.6 is 10.7 Å². The van der Waals surface area contributed by atoms with E-state index in [9.17, 15) is 13.2 Å². The predicted molar refractivity (Wildman–Crippen MR) is 79.8 cm³/mol. The molecule has 0 saturated carbocycles. The average Bonchev–Trinajstić information content (AvgIpc) is 2.85. The van der Waals surface area contributed by atoms with Crippen LogP contribution in [0.15, 0.2) is 29.2 Å². The second kappa shape index (κ2) is 6.77. The summed E-state index contributed by atoms with van der Waals surface area (Å²) >= 11 is 0. The third-order valence-corrected chi connectivity index (χ3v) is 4.81. The van der Waals surface area contributed by atoms with Crippen LogP contribution in [0.2, 0.25) is 0 Å². The number of hydrogen-bond donors (Lipinski definition) is 1. The van der Waals surface area contributed by atoms with E-state index in [4.69, 9.17) is 15.4 Å². The quantitative estimate of drug-likeness (QED) is 0.836. The first-order chi connectivity index (χ1) is 9.86. The van der Waals surface area contributed by atoms with E-state index in [-0.39, 0.29) is 23.0 Å². The molecule has 0 aliphatic carbocycles. The molecule has 7 heteroatoms. The number of rotatable bonds is 5. The molecule has 0 aromatic heterocycles. The molecule has 2 rings (SSSR count). The van der Waals surface area contributed by atoms with E-state index < -0.39 is 9.05 Å². The summed E-state index contributed by atoms with van der Waals surface area (Å²) in [4.78, 5) is 11.9. The molecular formula is C14H18ClNO4S. The summed E-state index contributed by atoms with van der Waals surface area (Å²) in [5.74, 6) is -0.0840. The normalized spacial score (nSPS) is 22.2. The fourth-order valence-electron chi connectivity index (χ4n) is 2.26. The van der Waals surface area contributed by atoms with Gasteiger partial charge in [-0.2, -0.15) is 0 Å². The van der Waals surface area contributed by atoms with Crippen LogP contribution in [-0.2, 0) is 25.0 Å². The molecule has 1 amide bonds. The molecule has 116 valence electrons. The smallest absolute Gasteiger partial charge is 0.261 e. The number of carbonyl (C=O) groups excluding carboxylic acids is 1. The van der Waals surface area contributed by atoms with Crippen LogP contribution in [-0.4, -0.2) is 33.1 Å². The van der Waals surface area contributed by atoms with Gasteiger partial charge in [0.15, 0.2) is 0 Å². The summed E-state index contributed by atoms with van der Waals surface area (Å²) in [6, 6.07) is 6.30. The number of nitrogens with one attached hydrogen (secondary N) is 1. The molecule has 21 heavy (non-hydrogen) atoms. The lowest BCUT2D eigenvalue weighted by Gasteiger charge is -2.11. The van der Waals surface area contributed by atoms with E-state index >= 15 is 0 Å². The summed E-state index contributed by atoms with van der Waals surface area (Å²) in [7, 11) is 1.56. The monoisotopic (exact) mass is 331 g/mol.